The molecule has 0 aliphatic heterocycles. The van der Waals surface area contributed by atoms with Gasteiger partial charge in [-0.25, -0.2) is 0 Å². The van der Waals surface area contributed by atoms with Gasteiger partial charge in [0.15, 0.2) is 0 Å². The highest BCUT2D eigenvalue weighted by molar-refractivity contribution is 5.64. The van der Waals surface area contributed by atoms with Crippen molar-refractivity contribution in [2.24, 2.45) is 0 Å². The predicted octanol–water partition coefficient (Wildman–Crippen LogP) is 4.51. The summed E-state index contributed by atoms with van der Waals surface area (Å²) in [6, 6.07) is 13.5. The predicted molar refractivity (Wildman–Crippen MR) is 85.7 cm³/mol. The zero-order valence-electron chi connectivity index (χ0n) is 12.7. The Kier molecular flexibility index (Phi) is 5.31. The van der Waals surface area contributed by atoms with Crippen molar-refractivity contribution in [3.63, 3.8) is 0 Å². The minimum Gasteiger partial charge on any atom is -0.310 e. The largest absolute Gasteiger partial charge is 0.310 e. The van der Waals surface area contributed by atoms with Crippen LogP contribution in [0.15, 0.2) is 42.6 Å². The van der Waals surface area contributed by atoms with Crippen LogP contribution in [0.2, 0.25) is 0 Å². The number of aromatic nitrogens is 1. The van der Waals surface area contributed by atoms with E-state index >= 15 is 0 Å². The zero-order valence-corrected chi connectivity index (χ0v) is 12.7. The summed E-state index contributed by atoms with van der Waals surface area (Å²) in [4.78, 5) is 4.27. The van der Waals surface area contributed by atoms with Crippen molar-refractivity contribution < 1.29 is 0 Å². The molecule has 0 spiro atoms. The van der Waals surface area contributed by atoms with Crippen LogP contribution in [0.3, 0.4) is 0 Å². The molecule has 1 heterocycles. The summed E-state index contributed by atoms with van der Waals surface area (Å²) in [5.41, 5.74) is 4.94. The lowest BCUT2D eigenvalue weighted by molar-refractivity contribution is 0.518. The number of nitrogens with one attached hydrogen (secondary N) is 1. The first-order chi connectivity index (χ1) is 9.74. The van der Waals surface area contributed by atoms with E-state index in [-0.39, 0.29) is 0 Å². The van der Waals surface area contributed by atoms with Crippen LogP contribution in [0.5, 0.6) is 0 Å². The van der Waals surface area contributed by atoms with E-state index in [2.05, 4.69) is 60.5 Å². The van der Waals surface area contributed by atoms with E-state index in [1.165, 1.54) is 23.1 Å². The molecule has 0 radical (unpaired) electrons. The molecule has 2 rings (SSSR count). The Morgan fingerprint density at radius 2 is 1.90 bits per heavy atom. The first kappa shape index (κ1) is 14.7. The summed E-state index contributed by atoms with van der Waals surface area (Å²) in [7, 11) is 0. The van der Waals surface area contributed by atoms with Gasteiger partial charge < -0.3 is 5.32 Å². The van der Waals surface area contributed by atoms with Crippen LogP contribution in [0.25, 0.3) is 11.1 Å². The average Bonchev–Trinajstić information content (AvgIpc) is 2.48. The van der Waals surface area contributed by atoms with Crippen molar-refractivity contribution in [1.29, 1.82) is 0 Å². The van der Waals surface area contributed by atoms with Gasteiger partial charge in [-0.1, -0.05) is 32.0 Å². The smallest absolute Gasteiger partial charge is 0.0378 e. The monoisotopic (exact) mass is 268 g/mol. The first-order valence-corrected chi connectivity index (χ1v) is 7.51. The molecule has 1 aromatic heterocycles. The molecule has 0 bridgehead atoms. The summed E-state index contributed by atoms with van der Waals surface area (Å²) < 4.78 is 0. The number of hydrogen-bond donors (Lipinski definition) is 1. The van der Waals surface area contributed by atoms with Crippen LogP contribution < -0.4 is 5.32 Å². The molecule has 1 N–H and O–H groups in total. The summed E-state index contributed by atoms with van der Waals surface area (Å²) in [5.74, 6) is 0. The number of aryl methyl sites for hydroxylation is 1. The Morgan fingerprint density at radius 1 is 1.10 bits per heavy atom. The van der Waals surface area contributed by atoms with Gasteiger partial charge in [-0.05, 0) is 61.2 Å². The Hall–Kier alpha value is -1.67. The molecule has 1 aromatic carbocycles. The molecule has 106 valence electrons. The Morgan fingerprint density at radius 3 is 2.60 bits per heavy atom. The number of hydrogen-bond acceptors (Lipinski definition) is 2. The second-order valence-electron chi connectivity index (χ2n) is 5.23. The van der Waals surface area contributed by atoms with Crippen LogP contribution in [0.4, 0.5) is 0 Å². The van der Waals surface area contributed by atoms with Crippen molar-refractivity contribution >= 4 is 0 Å². The fraction of sp³-hybridized carbons (Fsp3) is 0.389. The lowest BCUT2D eigenvalue weighted by atomic mass is 9.98. The van der Waals surface area contributed by atoms with E-state index in [0.717, 1.165) is 18.7 Å². The third kappa shape index (κ3) is 3.67. The van der Waals surface area contributed by atoms with E-state index in [1.54, 1.807) is 0 Å². The van der Waals surface area contributed by atoms with Crippen LogP contribution in [0.1, 0.15) is 44.0 Å². The van der Waals surface area contributed by atoms with Gasteiger partial charge in [0.2, 0.25) is 0 Å². The van der Waals surface area contributed by atoms with Gasteiger partial charge >= 0.3 is 0 Å². The van der Waals surface area contributed by atoms with Gasteiger partial charge in [0.05, 0.1) is 0 Å². The lowest BCUT2D eigenvalue weighted by Gasteiger charge is -2.18. The third-order valence-electron chi connectivity index (χ3n) is 3.57. The molecule has 20 heavy (non-hydrogen) atoms. The fourth-order valence-corrected chi connectivity index (χ4v) is 2.48. The molecule has 1 atom stereocenters. The average molecular weight is 268 g/mol. The maximum atomic E-state index is 4.27. The highest BCUT2D eigenvalue weighted by atomic mass is 14.9. The van der Waals surface area contributed by atoms with E-state index in [9.17, 15) is 0 Å². The van der Waals surface area contributed by atoms with Crippen molar-refractivity contribution in [3.8, 4) is 11.1 Å². The quantitative estimate of drug-likeness (QED) is 0.834. The SMILES string of the molecule is CCCNC(CC)c1cccc(-c2ccnc(C)c2)c1. The normalized spacial score (nSPS) is 12.3. The molecule has 0 aliphatic rings. The van der Waals surface area contributed by atoms with Crippen molar-refractivity contribution in [1.82, 2.24) is 10.3 Å². The number of nitrogens with zero attached hydrogens (tertiary/aromatic N) is 1. The van der Waals surface area contributed by atoms with Crippen LogP contribution in [0, 0.1) is 6.92 Å². The summed E-state index contributed by atoms with van der Waals surface area (Å²) in [6.45, 7) is 7.54. The second kappa shape index (κ2) is 7.20. The van der Waals surface area contributed by atoms with E-state index < -0.39 is 0 Å². The van der Waals surface area contributed by atoms with Crippen LogP contribution in [-0.2, 0) is 0 Å². The number of benzene rings is 1. The summed E-state index contributed by atoms with van der Waals surface area (Å²) in [5, 5.41) is 3.61. The van der Waals surface area contributed by atoms with E-state index in [1.807, 2.05) is 13.1 Å². The molecule has 0 aliphatic carbocycles. The van der Waals surface area contributed by atoms with E-state index in [4.69, 9.17) is 0 Å². The molecule has 0 saturated carbocycles. The molecule has 2 nitrogen and oxygen atoms in total. The fourth-order valence-electron chi connectivity index (χ4n) is 2.48. The van der Waals surface area contributed by atoms with Crippen molar-refractivity contribution in [2.75, 3.05) is 6.54 Å². The Labute approximate surface area is 122 Å². The van der Waals surface area contributed by atoms with Gasteiger partial charge in [0, 0.05) is 17.9 Å². The van der Waals surface area contributed by atoms with Crippen LogP contribution in [-0.4, -0.2) is 11.5 Å². The highest BCUT2D eigenvalue weighted by Gasteiger charge is 2.09. The first-order valence-electron chi connectivity index (χ1n) is 7.51. The molecular formula is C18H24N2. The van der Waals surface area contributed by atoms with Gasteiger partial charge in [-0.2, -0.15) is 0 Å². The zero-order chi connectivity index (χ0) is 14.4. The number of pyridine rings is 1. The summed E-state index contributed by atoms with van der Waals surface area (Å²) >= 11 is 0. The molecule has 2 heteroatoms. The van der Waals surface area contributed by atoms with Crippen molar-refractivity contribution in [3.05, 3.63) is 53.9 Å². The maximum absolute atomic E-state index is 4.27. The standard InChI is InChI=1S/C18H24N2/c1-4-10-20-18(5-2)17-8-6-7-15(13-17)16-9-11-19-14(3)12-16/h6-9,11-13,18,20H,4-5,10H2,1-3H3. The van der Waals surface area contributed by atoms with E-state index in [0.29, 0.717) is 6.04 Å². The molecule has 1 unspecified atom stereocenters. The lowest BCUT2D eigenvalue weighted by Crippen LogP contribution is -2.21. The Bertz CT molecular complexity index is 549. The minimum atomic E-state index is 0.442. The second-order valence-corrected chi connectivity index (χ2v) is 5.23. The molecule has 0 fully saturated rings. The van der Waals surface area contributed by atoms with Gasteiger partial charge in [-0.15, -0.1) is 0 Å². The highest BCUT2D eigenvalue weighted by Crippen LogP contribution is 2.24. The molecule has 2 aromatic rings. The van der Waals surface area contributed by atoms with Crippen molar-refractivity contribution in [2.45, 2.75) is 39.7 Å². The summed E-state index contributed by atoms with van der Waals surface area (Å²) in [6.07, 6.45) is 4.16. The van der Waals surface area contributed by atoms with Gasteiger partial charge in [0.25, 0.3) is 0 Å². The number of rotatable bonds is 6. The Balaban J connectivity index is 2.27. The topological polar surface area (TPSA) is 24.9 Å². The third-order valence-corrected chi connectivity index (χ3v) is 3.57. The molecule has 0 amide bonds. The maximum Gasteiger partial charge on any atom is 0.0378 e. The molecule has 0 saturated heterocycles. The van der Waals surface area contributed by atoms with Gasteiger partial charge in [-0.3, -0.25) is 4.98 Å². The molecular weight excluding hydrogens is 244 g/mol. The van der Waals surface area contributed by atoms with Gasteiger partial charge in [0.1, 0.15) is 0 Å². The minimum absolute atomic E-state index is 0.442. The van der Waals surface area contributed by atoms with Crippen LogP contribution >= 0.6 is 0 Å².